The van der Waals surface area contributed by atoms with Gasteiger partial charge in [-0.2, -0.15) is 0 Å². The first kappa shape index (κ1) is 18.3. The topological polar surface area (TPSA) is 58.6 Å². The van der Waals surface area contributed by atoms with Gasteiger partial charge in [-0.1, -0.05) is 0 Å². The number of carbonyl (C=O) groups is 1. The third-order valence-corrected chi connectivity index (χ3v) is 5.43. The zero-order valence-electron chi connectivity index (χ0n) is 15.5. The minimum Gasteiger partial charge on any atom is -0.380 e. The molecule has 1 aromatic rings. The van der Waals surface area contributed by atoms with E-state index in [1.54, 1.807) is 12.4 Å². The Hall–Kier alpha value is -1.53. The molecule has 2 saturated heterocycles. The Morgan fingerprint density at radius 3 is 2.88 bits per heavy atom. The maximum Gasteiger partial charge on any atom is 0.222 e. The van der Waals surface area contributed by atoms with Crippen molar-refractivity contribution in [1.82, 2.24) is 19.8 Å². The van der Waals surface area contributed by atoms with Crippen molar-refractivity contribution < 1.29 is 9.53 Å². The van der Waals surface area contributed by atoms with Gasteiger partial charge >= 0.3 is 0 Å². The monoisotopic (exact) mass is 346 g/mol. The third kappa shape index (κ3) is 4.76. The number of aromatic nitrogens is 2. The van der Waals surface area contributed by atoms with Crippen LogP contribution in [0.4, 0.5) is 0 Å². The summed E-state index contributed by atoms with van der Waals surface area (Å²) < 4.78 is 5.52. The molecule has 0 aromatic carbocycles. The number of amides is 1. The molecule has 1 atom stereocenters. The van der Waals surface area contributed by atoms with Crippen molar-refractivity contribution >= 4 is 5.91 Å². The number of nitrogens with zero attached hydrogens (tertiary/aromatic N) is 4. The lowest BCUT2D eigenvalue weighted by molar-refractivity contribution is -0.140. The second kappa shape index (κ2) is 8.23. The number of hydrogen-bond donors (Lipinski definition) is 0. The molecule has 3 heterocycles. The minimum absolute atomic E-state index is 0.233. The molecule has 6 nitrogen and oxygen atoms in total. The molecule has 2 aliphatic heterocycles. The largest absolute Gasteiger partial charge is 0.380 e. The van der Waals surface area contributed by atoms with Gasteiger partial charge < -0.3 is 14.5 Å². The van der Waals surface area contributed by atoms with E-state index in [1.165, 1.54) is 12.8 Å². The Bertz CT molecular complexity index is 577. The van der Waals surface area contributed by atoms with Crippen LogP contribution in [0.25, 0.3) is 0 Å². The molecular formula is C19H30N4O2. The van der Waals surface area contributed by atoms with Crippen LogP contribution >= 0.6 is 0 Å². The highest BCUT2D eigenvalue weighted by Crippen LogP contribution is 2.39. The van der Waals surface area contributed by atoms with Crippen LogP contribution < -0.4 is 0 Å². The Kier molecular flexibility index (Phi) is 6.02. The van der Waals surface area contributed by atoms with Crippen molar-refractivity contribution in [1.29, 1.82) is 0 Å². The molecule has 2 aliphatic rings. The van der Waals surface area contributed by atoms with Crippen LogP contribution in [0.15, 0.2) is 12.4 Å². The molecule has 138 valence electrons. The maximum absolute atomic E-state index is 12.4. The fourth-order valence-electron chi connectivity index (χ4n) is 4.12. The van der Waals surface area contributed by atoms with Crippen molar-refractivity contribution in [3.05, 3.63) is 23.8 Å². The molecule has 3 rings (SSSR count). The minimum atomic E-state index is 0.233. The number of piperidine rings is 2. The van der Waals surface area contributed by atoms with Gasteiger partial charge in [-0.3, -0.25) is 14.8 Å². The predicted octanol–water partition coefficient (Wildman–Crippen LogP) is 2.03. The quantitative estimate of drug-likeness (QED) is 0.738. The van der Waals surface area contributed by atoms with Gasteiger partial charge in [-0.05, 0) is 39.7 Å². The third-order valence-electron chi connectivity index (χ3n) is 5.43. The molecule has 1 spiro atoms. The summed E-state index contributed by atoms with van der Waals surface area (Å²) in [6.45, 7) is 10.2. The van der Waals surface area contributed by atoms with Crippen LogP contribution in [0, 0.1) is 12.3 Å². The molecule has 0 bridgehead atoms. The summed E-state index contributed by atoms with van der Waals surface area (Å²) in [4.78, 5) is 25.7. The van der Waals surface area contributed by atoms with Gasteiger partial charge in [-0.25, -0.2) is 0 Å². The number of carbonyl (C=O) groups excluding carboxylic acids is 1. The van der Waals surface area contributed by atoms with Crippen LogP contribution in [0.1, 0.15) is 44.0 Å². The first-order valence-electron chi connectivity index (χ1n) is 9.46. The Balaban J connectivity index is 1.62. The molecule has 25 heavy (non-hydrogen) atoms. The zero-order chi connectivity index (χ0) is 17.7. The SMILES string of the molecule is CCOCCN1CCCC2(CCC(=O)N(Cc3cnc(C)cn3)C2)C1. The average molecular weight is 346 g/mol. The predicted molar refractivity (Wildman–Crippen MR) is 96.0 cm³/mol. The standard InChI is InChI=1S/C19H30N4O2/c1-3-25-10-9-22-8-4-6-19(14-22)7-5-18(24)23(15-19)13-17-12-20-16(2)11-21-17/h11-12H,3-10,13-15H2,1-2H3. The van der Waals surface area contributed by atoms with E-state index in [9.17, 15) is 4.79 Å². The fourth-order valence-corrected chi connectivity index (χ4v) is 4.12. The van der Waals surface area contributed by atoms with Gasteiger partial charge in [0.2, 0.25) is 5.91 Å². The van der Waals surface area contributed by atoms with Crippen LogP contribution in [0.3, 0.4) is 0 Å². The fraction of sp³-hybridized carbons (Fsp3) is 0.737. The van der Waals surface area contributed by atoms with Crippen molar-refractivity contribution in [3.63, 3.8) is 0 Å². The average Bonchev–Trinajstić information content (AvgIpc) is 2.61. The first-order chi connectivity index (χ1) is 12.1. The van der Waals surface area contributed by atoms with Crippen molar-refractivity contribution in [3.8, 4) is 0 Å². The van der Waals surface area contributed by atoms with E-state index in [-0.39, 0.29) is 11.3 Å². The normalized spacial score (nSPS) is 24.9. The Morgan fingerprint density at radius 2 is 2.12 bits per heavy atom. The second-order valence-corrected chi connectivity index (χ2v) is 7.48. The number of rotatable bonds is 6. The van der Waals surface area contributed by atoms with E-state index in [0.717, 1.165) is 57.2 Å². The van der Waals surface area contributed by atoms with Gasteiger partial charge in [0.15, 0.2) is 0 Å². The zero-order valence-corrected chi connectivity index (χ0v) is 15.5. The molecule has 1 aromatic heterocycles. The summed E-state index contributed by atoms with van der Waals surface area (Å²) in [5.74, 6) is 0.249. The Morgan fingerprint density at radius 1 is 1.24 bits per heavy atom. The number of aryl methyl sites for hydroxylation is 1. The summed E-state index contributed by atoms with van der Waals surface area (Å²) in [5, 5.41) is 0. The van der Waals surface area contributed by atoms with Crippen molar-refractivity contribution in [2.75, 3.05) is 39.4 Å². The second-order valence-electron chi connectivity index (χ2n) is 7.48. The molecule has 0 saturated carbocycles. The van der Waals surface area contributed by atoms with Gasteiger partial charge in [0.25, 0.3) is 0 Å². The van der Waals surface area contributed by atoms with Gasteiger partial charge in [0, 0.05) is 44.3 Å². The number of ether oxygens (including phenoxy) is 1. The Labute approximate surface area is 150 Å². The van der Waals surface area contributed by atoms with Gasteiger partial charge in [0.05, 0.1) is 30.7 Å². The van der Waals surface area contributed by atoms with E-state index in [0.29, 0.717) is 13.0 Å². The molecule has 1 amide bonds. The summed E-state index contributed by atoms with van der Waals surface area (Å²) in [7, 11) is 0. The highest BCUT2D eigenvalue weighted by atomic mass is 16.5. The van der Waals surface area contributed by atoms with E-state index in [4.69, 9.17) is 4.74 Å². The van der Waals surface area contributed by atoms with Crippen LogP contribution in [0.5, 0.6) is 0 Å². The van der Waals surface area contributed by atoms with Crippen LogP contribution in [-0.4, -0.2) is 65.1 Å². The van der Waals surface area contributed by atoms with Crippen molar-refractivity contribution in [2.45, 2.75) is 46.1 Å². The molecule has 6 heteroatoms. The van der Waals surface area contributed by atoms with E-state index in [1.807, 2.05) is 18.7 Å². The molecule has 0 radical (unpaired) electrons. The number of likely N-dealkylation sites (tertiary alicyclic amines) is 2. The van der Waals surface area contributed by atoms with Crippen LogP contribution in [-0.2, 0) is 16.1 Å². The van der Waals surface area contributed by atoms with E-state index < -0.39 is 0 Å². The number of hydrogen-bond acceptors (Lipinski definition) is 5. The lowest BCUT2D eigenvalue weighted by Crippen LogP contribution is -2.54. The highest BCUT2D eigenvalue weighted by molar-refractivity contribution is 5.77. The smallest absolute Gasteiger partial charge is 0.222 e. The van der Waals surface area contributed by atoms with E-state index in [2.05, 4.69) is 14.9 Å². The van der Waals surface area contributed by atoms with Gasteiger partial charge in [-0.15, -0.1) is 0 Å². The summed E-state index contributed by atoms with van der Waals surface area (Å²) in [5.41, 5.74) is 2.01. The lowest BCUT2D eigenvalue weighted by atomic mass is 9.73. The molecular weight excluding hydrogens is 316 g/mol. The van der Waals surface area contributed by atoms with Gasteiger partial charge in [0.1, 0.15) is 0 Å². The lowest BCUT2D eigenvalue weighted by Gasteiger charge is -2.48. The molecule has 0 aliphatic carbocycles. The highest BCUT2D eigenvalue weighted by Gasteiger charge is 2.41. The molecule has 0 N–H and O–H groups in total. The summed E-state index contributed by atoms with van der Waals surface area (Å²) in [6.07, 6.45) is 7.64. The maximum atomic E-state index is 12.4. The van der Waals surface area contributed by atoms with Crippen LogP contribution in [0.2, 0.25) is 0 Å². The van der Waals surface area contributed by atoms with E-state index >= 15 is 0 Å². The summed E-state index contributed by atoms with van der Waals surface area (Å²) >= 11 is 0. The summed E-state index contributed by atoms with van der Waals surface area (Å²) in [6, 6.07) is 0. The first-order valence-corrected chi connectivity index (χ1v) is 9.46. The molecule has 2 fully saturated rings. The van der Waals surface area contributed by atoms with Crippen molar-refractivity contribution in [2.24, 2.45) is 5.41 Å². The molecule has 1 unspecified atom stereocenters.